The molecular weight excluding hydrogens is 262 g/mol. The molecular formula is C17H23N3O. The molecule has 1 aromatic heterocycles. The summed E-state index contributed by atoms with van der Waals surface area (Å²) in [5, 5.41) is 7.93. The zero-order chi connectivity index (χ0) is 14.7. The molecule has 2 heterocycles. The minimum absolute atomic E-state index is 0.00944. The first-order chi connectivity index (χ1) is 10.2. The first kappa shape index (κ1) is 14.1. The van der Waals surface area contributed by atoms with Crippen LogP contribution < -0.4 is 5.32 Å². The fraction of sp³-hybridized carbons (Fsp3) is 0.471. The van der Waals surface area contributed by atoms with Gasteiger partial charge in [-0.15, -0.1) is 0 Å². The van der Waals surface area contributed by atoms with E-state index in [1.807, 2.05) is 16.9 Å². The van der Waals surface area contributed by atoms with E-state index >= 15 is 0 Å². The highest BCUT2D eigenvalue weighted by Crippen LogP contribution is 2.29. The Morgan fingerprint density at radius 1 is 1.43 bits per heavy atom. The van der Waals surface area contributed by atoms with Gasteiger partial charge in [-0.2, -0.15) is 5.10 Å². The Morgan fingerprint density at radius 2 is 2.33 bits per heavy atom. The molecule has 3 rings (SSSR count). The number of ether oxygens (including phenoxy) is 1. The largest absolute Gasteiger partial charge is 0.382 e. The number of rotatable bonds is 4. The van der Waals surface area contributed by atoms with Crippen LogP contribution >= 0.6 is 0 Å². The number of benzene rings is 1. The molecule has 4 nitrogen and oxygen atoms in total. The van der Waals surface area contributed by atoms with Gasteiger partial charge in [0, 0.05) is 30.7 Å². The Hall–Kier alpha value is -1.81. The first-order valence-corrected chi connectivity index (χ1v) is 7.69. The summed E-state index contributed by atoms with van der Waals surface area (Å²) < 4.78 is 7.79. The molecule has 1 aromatic carbocycles. The molecule has 1 fully saturated rings. The van der Waals surface area contributed by atoms with Crippen LogP contribution in [0.4, 0.5) is 5.69 Å². The highest BCUT2D eigenvalue weighted by atomic mass is 16.5. The van der Waals surface area contributed by atoms with Crippen LogP contribution in [0.15, 0.2) is 42.7 Å². The summed E-state index contributed by atoms with van der Waals surface area (Å²) >= 11 is 0. The van der Waals surface area contributed by atoms with Crippen molar-refractivity contribution in [3.63, 3.8) is 0 Å². The Morgan fingerprint density at radius 3 is 3.10 bits per heavy atom. The summed E-state index contributed by atoms with van der Waals surface area (Å²) in [7, 11) is 0. The average Bonchev–Trinajstić information content (AvgIpc) is 3.02. The summed E-state index contributed by atoms with van der Waals surface area (Å²) in [5.74, 6) is 0. The van der Waals surface area contributed by atoms with Gasteiger partial charge in [0.05, 0.1) is 11.3 Å². The predicted octanol–water partition coefficient (Wildman–Crippen LogP) is 3.63. The lowest BCUT2D eigenvalue weighted by Crippen LogP contribution is -2.41. The van der Waals surface area contributed by atoms with Crippen molar-refractivity contribution < 1.29 is 4.74 Å². The molecule has 0 radical (unpaired) electrons. The Kier molecular flexibility index (Phi) is 3.97. The highest BCUT2D eigenvalue weighted by molar-refractivity contribution is 5.51. The smallest absolute Gasteiger partial charge is 0.0671 e. The Balaban J connectivity index is 1.72. The molecule has 0 saturated carbocycles. The maximum atomic E-state index is 5.91. The quantitative estimate of drug-likeness (QED) is 0.932. The third-order valence-electron chi connectivity index (χ3n) is 4.33. The number of hydrogen-bond donors (Lipinski definition) is 1. The van der Waals surface area contributed by atoms with Crippen LogP contribution in [-0.4, -0.2) is 28.0 Å². The molecule has 1 aliphatic heterocycles. The Labute approximate surface area is 126 Å². The molecule has 1 saturated heterocycles. The summed E-state index contributed by atoms with van der Waals surface area (Å²) in [6.07, 6.45) is 6.92. The van der Waals surface area contributed by atoms with E-state index in [9.17, 15) is 0 Å². The van der Waals surface area contributed by atoms with Gasteiger partial charge < -0.3 is 10.1 Å². The second-order valence-electron chi connectivity index (χ2n) is 5.99. The van der Waals surface area contributed by atoms with Crippen molar-refractivity contribution in [2.24, 2.45) is 0 Å². The van der Waals surface area contributed by atoms with Gasteiger partial charge in [-0.3, -0.25) is 0 Å². The van der Waals surface area contributed by atoms with E-state index in [2.05, 4.69) is 48.5 Å². The highest BCUT2D eigenvalue weighted by Gasteiger charge is 2.31. The minimum Gasteiger partial charge on any atom is -0.382 e. The normalized spacial score (nSPS) is 25.7. The standard InChI is InChI=1S/C17H23N3O/c1-3-17(2)13-15(8-11-21-17)19-14-6-4-7-16(12-14)20-10-5-9-18-20/h4-7,9-10,12,15,19H,3,8,11,13H2,1-2H3. The molecule has 112 valence electrons. The minimum atomic E-state index is 0.00944. The summed E-state index contributed by atoms with van der Waals surface area (Å²) in [6, 6.07) is 10.8. The number of anilines is 1. The first-order valence-electron chi connectivity index (χ1n) is 7.69. The van der Waals surface area contributed by atoms with Crippen LogP contribution in [0, 0.1) is 0 Å². The van der Waals surface area contributed by atoms with Gasteiger partial charge in [-0.1, -0.05) is 13.0 Å². The second kappa shape index (κ2) is 5.90. The van der Waals surface area contributed by atoms with Crippen LogP contribution in [0.1, 0.15) is 33.1 Å². The fourth-order valence-corrected chi connectivity index (χ4v) is 2.89. The molecule has 21 heavy (non-hydrogen) atoms. The molecule has 0 aliphatic carbocycles. The molecule has 0 spiro atoms. The molecule has 1 aliphatic rings. The number of hydrogen-bond acceptors (Lipinski definition) is 3. The maximum absolute atomic E-state index is 5.91. The third kappa shape index (κ3) is 3.27. The van der Waals surface area contributed by atoms with Crippen molar-refractivity contribution >= 4 is 5.69 Å². The van der Waals surface area contributed by atoms with Crippen LogP contribution in [0.25, 0.3) is 5.69 Å². The van der Waals surface area contributed by atoms with Gasteiger partial charge >= 0.3 is 0 Å². The van der Waals surface area contributed by atoms with Crippen molar-refractivity contribution in [3.05, 3.63) is 42.7 Å². The summed E-state index contributed by atoms with van der Waals surface area (Å²) in [4.78, 5) is 0. The zero-order valence-corrected chi connectivity index (χ0v) is 12.7. The topological polar surface area (TPSA) is 39.1 Å². The molecule has 2 aromatic rings. The van der Waals surface area contributed by atoms with E-state index in [-0.39, 0.29) is 5.60 Å². The van der Waals surface area contributed by atoms with Crippen molar-refractivity contribution in [2.45, 2.75) is 44.8 Å². The van der Waals surface area contributed by atoms with Gasteiger partial charge in [0.2, 0.25) is 0 Å². The average molecular weight is 285 g/mol. The maximum Gasteiger partial charge on any atom is 0.0671 e. The van der Waals surface area contributed by atoms with Crippen molar-refractivity contribution in [2.75, 3.05) is 11.9 Å². The summed E-state index contributed by atoms with van der Waals surface area (Å²) in [5.41, 5.74) is 2.24. The van der Waals surface area contributed by atoms with E-state index in [1.54, 1.807) is 6.20 Å². The third-order valence-corrected chi connectivity index (χ3v) is 4.33. The number of aromatic nitrogens is 2. The van der Waals surface area contributed by atoms with E-state index < -0.39 is 0 Å². The lowest BCUT2D eigenvalue weighted by atomic mass is 9.90. The molecule has 0 amide bonds. The predicted molar refractivity (Wildman–Crippen MR) is 84.9 cm³/mol. The van der Waals surface area contributed by atoms with Crippen molar-refractivity contribution in [1.82, 2.24) is 9.78 Å². The number of nitrogens with zero attached hydrogens (tertiary/aromatic N) is 2. The Bertz CT molecular complexity index is 581. The van der Waals surface area contributed by atoms with E-state index in [1.165, 1.54) is 0 Å². The second-order valence-corrected chi connectivity index (χ2v) is 5.99. The van der Waals surface area contributed by atoms with E-state index in [0.29, 0.717) is 6.04 Å². The molecule has 2 atom stereocenters. The number of nitrogens with one attached hydrogen (secondary N) is 1. The van der Waals surface area contributed by atoms with Crippen molar-refractivity contribution in [1.29, 1.82) is 0 Å². The van der Waals surface area contributed by atoms with Crippen LogP contribution in [0.2, 0.25) is 0 Å². The molecule has 2 unspecified atom stereocenters. The van der Waals surface area contributed by atoms with Crippen LogP contribution in [-0.2, 0) is 4.74 Å². The molecule has 1 N–H and O–H groups in total. The molecule has 4 heteroatoms. The lowest BCUT2D eigenvalue weighted by molar-refractivity contribution is -0.0708. The van der Waals surface area contributed by atoms with Gasteiger partial charge in [-0.25, -0.2) is 4.68 Å². The molecule has 0 bridgehead atoms. The van der Waals surface area contributed by atoms with Gasteiger partial charge in [0.25, 0.3) is 0 Å². The fourth-order valence-electron chi connectivity index (χ4n) is 2.89. The van der Waals surface area contributed by atoms with Crippen molar-refractivity contribution in [3.8, 4) is 5.69 Å². The SMILES string of the molecule is CCC1(C)CC(Nc2cccc(-n3cccn3)c2)CCO1. The van der Waals surface area contributed by atoms with Crippen LogP contribution in [0.5, 0.6) is 0 Å². The van der Waals surface area contributed by atoms with Gasteiger partial charge in [-0.05, 0) is 50.5 Å². The lowest BCUT2D eigenvalue weighted by Gasteiger charge is -2.38. The van der Waals surface area contributed by atoms with E-state index in [4.69, 9.17) is 4.74 Å². The van der Waals surface area contributed by atoms with Gasteiger partial charge in [0.15, 0.2) is 0 Å². The summed E-state index contributed by atoms with van der Waals surface area (Å²) in [6.45, 7) is 5.24. The van der Waals surface area contributed by atoms with Gasteiger partial charge in [0.1, 0.15) is 0 Å². The van der Waals surface area contributed by atoms with E-state index in [0.717, 1.165) is 37.2 Å². The monoisotopic (exact) mass is 285 g/mol. The zero-order valence-electron chi connectivity index (χ0n) is 12.7. The van der Waals surface area contributed by atoms with Crippen LogP contribution in [0.3, 0.4) is 0 Å².